The third-order valence-corrected chi connectivity index (χ3v) is 11.6. The van der Waals surface area contributed by atoms with E-state index in [0.717, 1.165) is 64.2 Å². The van der Waals surface area contributed by atoms with E-state index in [1.807, 2.05) is 0 Å². The van der Waals surface area contributed by atoms with Gasteiger partial charge in [0.15, 0.2) is 0 Å². The Balaban J connectivity index is 3.47. The third kappa shape index (κ3) is 42.2. The second-order valence-electron chi connectivity index (χ2n) is 17.1. The lowest BCUT2D eigenvalue weighted by molar-refractivity contribution is -0.143. The zero-order valence-electron chi connectivity index (χ0n) is 37.6. The van der Waals surface area contributed by atoms with Crippen molar-refractivity contribution in [2.24, 2.45) is 0 Å². The van der Waals surface area contributed by atoms with Gasteiger partial charge in [-0.15, -0.1) is 0 Å². The van der Waals surface area contributed by atoms with E-state index in [1.165, 1.54) is 173 Å². The van der Waals surface area contributed by atoms with Gasteiger partial charge in [-0.1, -0.05) is 219 Å². The molecule has 0 aliphatic heterocycles. The molecule has 332 valence electrons. The predicted molar refractivity (Wildman–Crippen MR) is 241 cm³/mol. The summed E-state index contributed by atoms with van der Waals surface area (Å²) in [4.78, 5) is 24.4. The van der Waals surface area contributed by atoms with Crippen molar-refractivity contribution in [3.63, 3.8) is 0 Å². The Morgan fingerprint density at radius 2 is 0.839 bits per heavy atom. The van der Waals surface area contributed by atoms with Crippen molar-refractivity contribution in [3.8, 4) is 0 Å². The van der Waals surface area contributed by atoms with Crippen molar-refractivity contribution in [2.45, 2.75) is 283 Å². The Hall–Kier alpha value is -1.40. The first-order chi connectivity index (χ1) is 27.5. The van der Waals surface area contributed by atoms with E-state index in [9.17, 15) is 19.8 Å². The molecule has 1 amide bonds. The van der Waals surface area contributed by atoms with Crippen LogP contribution in [0.2, 0.25) is 0 Å². The normalized spacial score (nSPS) is 12.7. The van der Waals surface area contributed by atoms with Crippen LogP contribution >= 0.6 is 0 Å². The molecule has 0 heterocycles. The standard InChI is InChI=1S/C50H97NO5/c1-3-5-7-9-11-13-15-23-26-30-34-38-42-48(53)47(46-52)51-49(54)43-39-35-31-27-24-20-18-16-17-19-21-25-29-33-37-41-45-56-50(55)44-40-36-32-28-22-14-12-10-8-6-4-2/h16,18,47-48,52-53H,3-15,17,19-46H2,1-2H3,(H,51,54)/b18-16-. The van der Waals surface area contributed by atoms with Gasteiger partial charge in [0.2, 0.25) is 5.91 Å². The SMILES string of the molecule is CCCCCCCCCCCCCCC(O)C(CO)NC(=O)CCCCCCC/C=C\CCCCCCCCCOC(=O)CCCCCCCCCCCCC. The van der Waals surface area contributed by atoms with E-state index < -0.39 is 12.1 Å². The summed E-state index contributed by atoms with van der Waals surface area (Å²) in [5, 5.41) is 23.1. The summed E-state index contributed by atoms with van der Waals surface area (Å²) in [5.74, 6) is -0.0557. The number of allylic oxidation sites excluding steroid dienone is 2. The van der Waals surface area contributed by atoms with E-state index in [0.29, 0.717) is 25.9 Å². The first kappa shape index (κ1) is 54.6. The quantitative estimate of drug-likeness (QED) is 0.0324. The number of aliphatic hydroxyl groups is 2. The highest BCUT2D eigenvalue weighted by atomic mass is 16.5. The maximum Gasteiger partial charge on any atom is 0.305 e. The molecule has 0 spiro atoms. The molecule has 0 aliphatic rings. The Morgan fingerprint density at radius 3 is 1.27 bits per heavy atom. The molecule has 56 heavy (non-hydrogen) atoms. The van der Waals surface area contributed by atoms with Crippen molar-refractivity contribution in [3.05, 3.63) is 12.2 Å². The van der Waals surface area contributed by atoms with Crippen molar-refractivity contribution in [2.75, 3.05) is 13.2 Å². The van der Waals surface area contributed by atoms with Crippen LogP contribution in [0.15, 0.2) is 12.2 Å². The van der Waals surface area contributed by atoms with Crippen molar-refractivity contribution < 1.29 is 24.5 Å². The zero-order chi connectivity index (χ0) is 40.8. The van der Waals surface area contributed by atoms with Gasteiger partial charge in [-0.3, -0.25) is 9.59 Å². The van der Waals surface area contributed by atoms with Crippen LogP contribution in [0.1, 0.15) is 271 Å². The average molecular weight is 792 g/mol. The number of carbonyl (C=O) groups is 2. The van der Waals surface area contributed by atoms with Crippen LogP contribution in [0.4, 0.5) is 0 Å². The van der Waals surface area contributed by atoms with Crippen molar-refractivity contribution in [1.29, 1.82) is 0 Å². The Labute approximate surface area is 349 Å². The Morgan fingerprint density at radius 1 is 0.482 bits per heavy atom. The third-order valence-electron chi connectivity index (χ3n) is 11.6. The van der Waals surface area contributed by atoms with Crippen molar-refractivity contribution >= 4 is 11.9 Å². The maximum atomic E-state index is 12.4. The smallest absolute Gasteiger partial charge is 0.305 e. The van der Waals surface area contributed by atoms with Gasteiger partial charge in [0.25, 0.3) is 0 Å². The van der Waals surface area contributed by atoms with Gasteiger partial charge in [-0.2, -0.15) is 0 Å². The van der Waals surface area contributed by atoms with E-state index in [-0.39, 0.29) is 18.5 Å². The fraction of sp³-hybridized carbons (Fsp3) is 0.920. The summed E-state index contributed by atoms with van der Waals surface area (Å²) >= 11 is 0. The molecule has 0 aliphatic carbocycles. The molecule has 2 atom stereocenters. The van der Waals surface area contributed by atoms with Crippen LogP contribution < -0.4 is 5.32 Å². The van der Waals surface area contributed by atoms with Crippen LogP contribution in [-0.2, 0) is 14.3 Å². The van der Waals surface area contributed by atoms with Crippen LogP contribution in [0.25, 0.3) is 0 Å². The number of esters is 1. The molecular formula is C50H97NO5. The molecule has 0 radical (unpaired) electrons. The minimum absolute atomic E-state index is 0.00327. The Kier molecular flexibility index (Phi) is 45.1. The number of carbonyl (C=O) groups excluding carboxylic acids is 2. The van der Waals surface area contributed by atoms with E-state index >= 15 is 0 Å². The number of nitrogens with one attached hydrogen (secondary N) is 1. The minimum atomic E-state index is -0.672. The summed E-state index contributed by atoms with van der Waals surface area (Å²) < 4.78 is 5.44. The van der Waals surface area contributed by atoms with Gasteiger partial charge < -0.3 is 20.3 Å². The number of hydrogen-bond donors (Lipinski definition) is 3. The number of amides is 1. The minimum Gasteiger partial charge on any atom is -0.466 e. The fourth-order valence-electron chi connectivity index (χ4n) is 7.69. The second-order valence-corrected chi connectivity index (χ2v) is 17.1. The highest BCUT2D eigenvalue weighted by Gasteiger charge is 2.20. The Bertz CT molecular complexity index is 832. The van der Waals surface area contributed by atoms with Crippen LogP contribution in [0.3, 0.4) is 0 Å². The lowest BCUT2D eigenvalue weighted by Gasteiger charge is -2.22. The second kappa shape index (κ2) is 46.3. The van der Waals surface area contributed by atoms with Gasteiger partial charge in [-0.25, -0.2) is 0 Å². The molecular weight excluding hydrogens is 695 g/mol. The molecule has 0 fully saturated rings. The summed E-state index contributed by atoms with van der Waals surface area (Å²) in [6.45, 7) is 4.92. The maximum absolute atomic E-state index is 12.4. The largest absolute Gasteiger partial charge is 0.466 e. The predicted octanol–water partition coefficient (Wildman–Crippen LogP) is 14.6. The number of aliphatic hydroxyl groups excluding tert-OH is 2. The van der Waals surface area contributed by atoms with Gasteiger partial charge >= 0.3 is 5.97 Å². The monoisotopic (exact) mass is 792 g/mol. The van der Waals surface area contributed by atoms with Gasteiger partial charge in [0.05, 0.1) is 25.4 Å². The first-order valence-corrected chi connectivity index (χ1v) is 24.9. The van der Waals surface area contributed by atoms with Crippen molar-refractivity contribution in [1.82, 2.24) is 5.32 Å². The van der Waals surface area contributed by atoms with Gasteiger partial charge in [-0.05, 0) is 51.4 Å². The van der Waals surface area contributed by atoms with Gasteiger partial charge in [0.1, 0.15) is 0 Å². The lowest BCUT2D eigenvalue weighted by Crippen LogP contribution is -2.45. The fourth-order valence-corrected chi connectivity index (χ4v) is 7.69. The molecule has 6 nitrogen and oxygen atoms in total. The van der Waals surface area contributed by atoms with Crippen LogP contribution in [-0.4, -0.2) is 47.4 Å². The topological polar surface area (TPSA) is 95.9 Å². The zero-order valence-corrected chi connectivity index (χ0v) is 37.6. The van der Waals surface area contributed by atoms with Crippen LogP contribution in [0.5, 0.6) is 0 Å². The molecule has 0 saturated heterocycles. The summed E-state index contributed by atoms with van der Waals surface area (Å²) in [6.07, 6.45) is 51.7. The summed E-state index contributed by atoms with van der Waals surface area (Å²) in [7, 11) is 0. The summed E-state index contributed by atoms with van der Waals surface area (Å²) in [6, 6.07) is -0.551. The molecule has 0 aromatic heterocycles. The molecule has 0 bridgehead atoms. The summed E-state index contributed by atoms with van der Waals surface area (Å²) in [5.41, 5.74) is 0. The molecule has 2 unspecified atom stereocenters. The van der Waals surface area contributed by atoms with E-state index in [1.54, 1.807) is 0 Å². The molecule has 0 aromatic rings. The molecule has 0 rings (SSSR count). The number of ether oxygens (including phenoxy) is 1. The number of hydrogen-bond acceptors (Lipinski definition) is 5. The first-order valence-electron chi connectivity index (χ1n) is 24.9. The lowest BCUT2D eigenvalue weighted by atomic mass is 10.0. The molecule has 3 N–H and O–H groups in total. The highest BCUT2D eigenvalue weighted by Crippen LogP contribution is 2.16. The van der Waals surface area contributed by atoms with Crippen LogP contribution in [0, 0.1) is 0 Å². The molecule has 0 aromatic carbocycles. The van der Waals surface area contributed by atoms with Gasteiger partial charge in [0, 0.05) is 12.8 Å². The van der Waals surface area contributed by atoms with E-state index in [2.05, 4.69) is 31.3 Å². The number of rotatable bonds is 46. The number of unbranched alkanes of at least 4 members (excludes halogenated alkanes) is 33. The van der Waals surface area contributed by atoms with E-state index in [4.69, 9.17) is 4.74 Å². The average Bonchev–Trinajstić information content (AvgIpc) is 3.20. The highest BCUT2D eigenvalue weighted by molar-refractivity contribution is 5.76. The molecule has 6 heteroatoms. The molecule has 0 saturated carbocycles.